The Morgan fingerprint density at radius 3 is 2.61 bits per heavy atom. The number of ether oxygens (including phenoxy) is 1. The molecule has 0 aliphatic heterocycles. The molecule has 0 unspecified atom stereocenters. The van der Waals surface area contributed by atoms with Crippen molar-refractivity contribution in [3.05, 3.63) is 57.3 Å². The second-order valence-electron chi connectivity index (χ2n) is 6.39. The topological polar surface area (TPSA) is 42.4 Å². The van der Waals surface area contributed by atoms with E-state index >= 15 is 0 Å². The number of carbonyl (C=O) groups is 1. The summed E-state index contributed by atoms with van der Waals surface area (Å²) in [6.07, 6.45) is 1.31. The van der Waals surface area contributed by atoms with Gasteiger partial charge < -0.3 is 4.74 Å². The summed E-state index contributed by atoms with van der Waals surface area (Å²) in [7, 11) is 0. The van der Waals surface area contributed by atoms with Crippen LogP contribution in [0.25, 0.3) is 0 Å². The van der Waals surface area contributed by atoms with Gasteiger partial charge in [-0.2, -0.15) is 0 Å². The molecule has 0 saturated carbocycles. The summed E-state index contributed by atoms with van der Waals surface area (Å²) >= 11 is 2.26. The van der Waals surface area contributed by atoms with Crippen LogP contribution in [0, 0.1) is 10.5 Å². The number of benzene rings is 1. The molecule has 1 heterocycles. The molecule has 4 nitrogen and oxygen atoms in total. The lowest BCUT2D eigenvalue weighted by Gasteiger charge is -2.27. The highest BCUT2D eigenvalue weighted by Gasteiger charge is 2.24. The predicted octanol–water partition coefficient (Wildman–Crippen LogP) is 4.94. The number of halogens is 1. The Kier molecular flexibility index (Phi) is 5.62. The van der Waals surface area contributed by atoms with Gasteiger partial charge in [0.15, 0.2) is 0 Å². The van der Waals surface area contributed by atoms with Gasteiger partial charge in [0.25, 0.3) is 0 Å². The molecule has 23 heavy (non-hydrogen) atoms. The first kappa shape index (κ1) is 17.7. The van der Waals surface area contributed by atoms with Gasteiger partial charge in [-0.15, -0.1) is 0 Å². The minimum absolute atomic E-state index is 0.394. The second-order valence-corrected chi connectivity index (χ2v) is 7.63. The van der Waals surface area contributed by atoms with Crippen molar-refractivity contribution < 1.29 is 9.53 Å². The molecule has 0 saturated heterocycles. The quantitative estimate of drug-likeness (QED) is 0.656. The molecule has 0 fully saturated rings. The van der Waals surface area contributed by atoms with E-state index in [1.54, 1.807) is 11.1 Å². The van der Waals surface area contributed by atoms with E-state index in [9.17, 15) is 4.79 Å². The number of anilines is 1. The van der Waals surface area contributed by atoms with Crippen LogP contribution in [0.5, 0.6) is 0 Å². The maximum atomic E-state index is 12.6. The third kappa shape index (κ3) is 5.49. The van der Waals surface area contributed by atoms with Gasteiger partial charge in [0.05, 0.1) is 6.54 Å². The maximum absolute atomic E-state index is 12.6. The Morgan fingerprint density at radius 1 is 1.26 bits per heavy atom. The van der Waals surface area contributed by atoms with Crippen LogP contribution in [-0.4, -0.2) is 16.7 Å². The Hall–Kier alpha value is -1.63. The van der Waals surface area contributed by atoms with E-state index < -0.39 is 11.7 Å². The average molecular weight is 424 g/mol. The number of pyridine rings is 1. The highest BCUT2D eigenvalue weighted by atomic mass is 127. The zero-order valence-corrected chi connectivity index (χ0v) is 16.0. The molecule has 2 aromatic rings. The molecule has 0 N–H and O–H groups in total. The van der Waals surface area contributed by atoms with E-state index in [1.807, 2.05) is 64.1 Å². The SMILES string of the molecule is Cc1ccnc(N(Cc2cccc(I)c2)C(=O)OC(C)(C)C)c1. The van der Waals surface area contributed by atoms with E-state index in [2.05, 4.69) is 27.6 Å². The van der Waals surface area contributed by atoms with Crippen LogP contribution in [0.4, 0.5) is 10.6 Å². The number of amides is 1. The highest BCUT2D eigenvalue weighted by Crippen LogP contribution is 2.20. The lowest BCUT2D eigenvalue weighted by atomic mass is 10.2. The zero-order valence-electron chi connectivity index (χ0n) is 13.8. The van der Waals surface area contributed by atoms with Crippen molar-refractivity contribution in [3.63, 3.8) is 0 Å². The monoisotopic (exact) mass is 424 g/mol. The molecule has 0 atom stereocenters. The molecule has 0 spiro atoms. The fourth-order valence-corrected chi connectivity index (χ4v) is 2.65. The molecule has 1 aromatic heterocycles. The number of hydrogen-bond donors (Lipinski definition) is 0. The summed E-state index contributed by atoms with van der Waals surface area (Å²) in [4.78, 5) is 18.5. The largest absolute Gasteiger partial charge is 0.443 e. The van der Waals surface area contributed by atoms with Crippen LogP contribution in [-0.2, 0) is 11.3 Å². The van der Waals surface area contributed by atoms with E-state index in [0.29, 0.717) is 12.4 Å². The minimum Gasteiger partial charge on any atom is -0.443 e. The Bertz CT molecular complexity index is 695. The number of carbonyl (C=O) groups excluding carboxylic acids is 1. The van der Waals surface area contributed by atoms with Gasteiger partial charge in [-0.3, -0.25) is 4.90 Å². The molecule has 0 aliphatic carbocycles. The molecule has 122 valence electrons. The standard InChI is InChI=1S/C18H21IN2O2/c1-13-8-9-20-16(10-13)21(17(22)23-18(2,3)4)12-14-6-5-7-15(19)11-14/h5-11H,12H2,1-4H3. The molecule has 0 radical (unpaired) electrons. The first-order chi connectivity index (χ1) is 10.7. The van der Waals surface area contributed by atoms with E-state index in [0.717, 1.165) is 14.7 Å². The van der Waals surface area contributed by atoms with Crippen LogP contribution in [0.1, 0.15) is 31.9 Å². The molecule has 5 heteroatoms. The van der Waals surface area contributed by atoms with Crippen molar-refractivity contribution in [2.75, 3.05) is 4.90 Å². The summed E-state index contributed by atoms with van der Waals surface area (Å²) < 4.78 is 6.67. The average Bonchev–Trinajstić information content (AvgIpc) is 2.43. The minimum atomic E-state index is -0.551. The van der Waals surface area contributed by atoms with Gasteiger partial charge in [-0.1, -0.05) is 12.1 Å². The lowest BCUT2D eigenvalue weighted by Crippen LogP contribution is -2.37. The van der Waals surface area contributed by atoms with Crippen molar-refractivity contribution in [3.8, 4) is 0 Å². The van der Waals surface area contributed by atoms with Crippen LogP contribution < -0.4 is 4.90 Å². The highest BCUT2D eigenvalue weighted by molar-refractivity contribution is 14.1. The van der Waals surface area contributed by atoms with E-state index in [4.69, 9.17) is 4.74 Å². The number of rotatable bonds is 3. The van der Waals surface area contributed by atoms with Gasteiger partial charge >= 0.3 is 6.09 Å². The molecular formula is C18H21IN2O2. The van der Waals surface area contributed by atoms with E-state index in [1.165, 1.54) is 0 Å². The van der Waals surface area contributed by atoms with Crippen molar-refractivity contribution in [1.29, 1.82) is 0 Å². The van der Waals surface area contributed by atoms with Gasteiger partial charge in [-0.05, 0) is 85.7 Å². The summed E-state index contributed by atoms with van der Waals surface area (Å²) in [5.74, 6) is 0.595. The van der Waals surface area contributed by atoms with Crippen molar-refractivity contribution >= 4 is 34.5 Å². The molecule has 1 amide bonds. The van der Waals surface area contributed by atoms with Gasteiger partial charge in [-0.25, -0.2) is 9.78 Å². The maximum Gasteiger partial charge on any atom is 0.416 e. The van der Waals surface area contributed by atoms with Crippen LogP contribution in [0.3, 0.4) is 0 Å². The fourth-order valence-electron chi connectivity index (χ4n) is 2.04. The molecule has 2 rings (SSSR count). The summed E-state index contributed by atoms with van der Waals surface area (Å²) in [6, 6.07) is 11.8. The fraction of sp³-hybridized carbons (Fsp3) is 0.333. The first-order valence-electron chi connectivity index (χ1n) is 7.42. The molecular weight excluding hydrogens is 403 g/mol. The van der Waals surface area contributed by atoms with Gasteiger partial charge in [0.1, 0.15) is 11.4 Å². The van der Waals surface area contributed by atoms with Crippen LogP contribution >= 0.6 is 22.6 Å². The predicted molar refractivity (Wildman–Crippen MR) is 101 cm³/mol. The summed E-state index contributed by atoms with van der Waals surface area (Å²) in [6.45, 7) is 7.97. The Morgan fingerprint density at radius 2 is 2.00 bits per heavy atom. The number of hydrogen-bond acceptors (Lipinski definition) is 3. The number of nitrogens with zero attached hydrogens (tertiary/aromatic N) is 2. The second kappa shape index (κ2) is 7.29. The third-order valence-electron chi connectivity index (χ3n) is 3.02. The lowest BCUT2D eigenvalue weighted by molar-refractivity contribution is 0.0576. The third-order valence-corrected chi connectivity index (χ3v) is 3.69. The Labute approximate surface area is 151 Å². The van der Waals surface area contributed by atoms with Crippen molar-refractivity contribution in [1.82, 2.24) is 4.98 Å². The Balaban J connectivity index is 2.33. The van der Waals surface area contributed by atoms with Crippen LogP contribution in [0.15, 0.2) is 42.6 Å². The zero-order chi connectivity index (χ0) is 17.0. The first-order valence-corrected chi connectivity index (χ1v) is 8.50. The van der Waals surface area contributed by atoms with Crippen molar-refractivity contribution in [2.24, 2.45) is 0 Å². The van der Waals surface area contributed by atoms with Crippen molar-refractivity contribution in [2.45, 2.75) is 39.8 Å². The molecule has 0 aliphatic rings. The molecule has 1 aromatic carbocycles. The van der Waals surface area contributed by atoms with Gasteiger partial charge in [0.2, 0.25) is 0 Å². The number of aromatic nitrogens is 1. The summed E-state index contributed by atoms with van der Waals surface area (Å²) in [5.41, 5.74) is 1.53. The van der Waals surface area contributed by atoms with Gasteiger partial charge in [0, 0.05) is 9.77 Å². The van der Waals surface area contributed by atoms with Crippen LogP contribution in [0.2, 0.25) is 0 Å². The smallest absolute Gasteiger partial charge is 0.416 e. The van der Waals surface area contributed by atoms with E-state index in [-0.39, 0.29) is 0 Å². The number of aryl methyl sites for hydroxylation is 1. The summed E-state index contributed by atoms with van der Waals surface area (Å²) in [5, 5.41) is 0. The molecule has 0 bridgehead atoms. The normalized spacial score (nSPS) is 11.2.